The van der Waals surface area contributed by atoms with E-state index in [2.05, 4.69) is 13.8 Å². The van der Waals surface area contributed by atoms with Crippen molar-refractivity contribution >= 4 is 0 Å². The Balaban J connectivity index is 2.75. The largest absolute Gasteiger partial charge is 0.388 e. The molecule has 15 heavy (non-hydrogen) atoms. The van der Waals surface area contributed by atoms with E-state index in [4.69, 9.17) is 5.73 Å². The third kappa shape index (κ3) is 2.73. The molecule has 90 valence electrons. The van der Waals surface area contributed by atoms with Crippen molar-refractivity contribution in [2.45, 2.75) is 82.8 Å². The zero-order valence-electron chi connectivity index (χ0n) is 10.4. The standard InChI is InChI=1S/C13H27NO/c1-3-13(15,4-2)12(14)10-8-6-5-7-9-11-12/h15H,3-11,14H2,1-2H3. The highest BCUT2D eigenvalue weighted by Crippen LogP contribution is 2.37. The summed E-state index contributed by atoms with van der Waals surface area (Å²) < 4.78 is 0. The Bertz CT molecular complexity index is 179. The summed E-state index contributed by atoms with van der Waals surface area (Å²) in [5.41, 5.74) is 5.49. The first-order chi connectivity index (χ1) is 7.08. The van der Waals surface area contributed by atoms with E-state index in [0.717, 1.165) is 25.7 Å². The van der Waals surface area contributed by atoms with Crippen LogP contribution in [-0.4, -0.2) is 16.2 Å². The molecule has 0 bridgehead atoms. The van der Waals surface area contributed by atoms with Crippen LogP contribution in [0.2, 0.25) is 0 Å². The molecular formula is C13H27NO. The lowest BCUT2D eigenvalue weighted by Gasteiger charge is -2.45. The van der Waals surface area contributed by atoms with Crippen molar-refractivity contribution in [3.05, 3.63) is 0 Å². The monoisotopic (exact) mass is 213 g/mol. The second kappa shape index (κ2) is 5.31. The van der Waals surface area contributed by atoms with E-state index in [0.29, 0.717) is 0 Å². The molecule has 0 radical (unpaired) electrons. The highest BCUT2D eigenvalue weighted by atomic mass is 16.3. The third-order valence-corrected chi connectivity index (χ3v) is 4.34. The fourth-order valence-electron chi connectivity index (χ4n) is 2.96. The Morgan fingerprint density at radius 1 is 1.00 bits per heavy atom. The fraction of sp³-hybridized carbons (Fsp3) is 1.00. The van der Waals surface area contributed by atoms with Crippen LogP contribution in [0.3, 0.4) is 0 Å². The van der Waals surface area contributed by atoms with Crippen LogP contribution in [0.25, 0.3) is 0 Å². The van der Waals surface area contributed by atoms with Gasteiger partial charge in [-0.2, -0.15) is 0 Å². The average molecular weight is 213 g/mol. The molecule has 2 nitrogen and oxygen atoms in total. The first-order valence-electron chi connectivity index (χ1n) is 6.59. The number of hydrogen-bond donors (Lipinski definition) is 2. The second-order valence-electron chi connectivity index (χ2n) is 5.16. The predicted octanol–water partition coefficient (Wildman–Crippen LogP) is 2.98. The quantitative estimate of drug-likeness (QED) is 0.757. The molecule has 1 rings (SSSR count). The first-order valence-corrected chi connectivity index (χ1v) is 6.59. The molecule has 1 aliphatic rings. The summed E-state index contributed by atoms with van der Waals surface area (Å²) in [5.74, 6) is 0. The van der Waals surface area contributed by atoms with Crippen molar-refractivity contribution < 1.29 is 5.11 Å². The summed E-state index contributed by atoms with van der Waals surface area (Å²) >= 11 is 0. The van der Waals surface area contributed by atoms with Gasteiger partial charge in [0.25, 0.3) is 0 Å². The van der Waals surface area contributed by atoms with E-state index in [1.807, 2.05) is 0 Å². The molecule has 0 aromatic carbocycles. The van der Waals surface area contributed by atoms with E-state index in [-0.39, 0.29) is 5.54 Å². The van der Waals surface area contributed by atoms with Gasteiger partial charge >= 0.3 is 0 Å². The molecule has 0 atom stereocenters. The first kappa shape index (κ1) is 13.0. The summed E-state index contributed by atoms with van der Waals surface area (Å²) in [7, 11) is 0. The van der Waals surface area contributed by atoms with Crippen LogP contribution in [0.4, 0.5) is 0 Å². The maximum Gasteiger partial charge on any atom is 0.0821 e. The Morgan fingerprint density at radius 3 is 1.80 bits per heavy atom. The van der Waals surface area contributed by atoms with Crippen LogP contribution in [-0.2, 0) is 0 Å². The van der Waals surface area contributed by atoms with E-state index >= 15 is 0 Å². The zero-order valence-corrected chi connectivity index (χ0v) is 10.4. The maximum atomic E-state index is 10.6. The van der Waals surface area contributed by atoms with Crippen LogP contribution in [0, 0.1) is 0 Å². The van der Waals surface area contributed by atoms with Crippen LogP contribution in [0.15, 0.2) is 0 Å². The number of hydrogen-bond acceptors (Lipinski definition) is 2. The molecule has 0 amide bonds. The Morgan fingerprint density at radius 2 is 1.40 bits per heavy atom. The lowest BCUT2D eigenvalue weighted by atomic mass is 9.70. The normalized spacial score (nSPS) is 23.2. The highest BCUT2D eigenvalue weighted by Gasteiger charge is 2.44. The van der Waals surface area contributed by atoms with Gasteiger partial charge in [-0.25, -0.2) is 0 Å². The van der Waals surface area contributed by atoms with Crippen LogP contribution in [0.5, 0.6) is 0 Å². The lowest BCUT2D eigenvalue weighted by molar-refractivity contribution is -0.0534. The van der Waals surface area contributed by atoms with Gasteiger partial charge < -0.3 is 10.8 Å². The molecule has 1 aliphatic carbocycles. The SMILES string of the molecule is CCC(O)(CC)C1(N)CCCCCCC1. The molecule has 1 fully saturated rings. The van der Waals surface area contributed by atoms with Crippen LogP contribution >= 0.6 is 0 Å². The molecule has 0 aromatic heterocycles. The minimum atomic E-state index is -0.648. The molecule has 0 saturated heterocycles. The van der Waals surface area contributed by atoms with Gasteiger partial charge in [0.15, 0.2) is 0 Å². The molecule has 1 saturated carbocycles. The van der Waals surface area contributed by atoms with Gasteiger partial charge in [0, 0.05) is 5.54 Å². The highest BCUT2D eigenvalue weighted by molar-refractivity contribution is 5.02. The third-order valence-electron chi connectivity index (χ3n) is 4.34. The summed E-state index contributed by atoms with van der Waals surface area (Å²) in [6.45, 7) is 4.10. The number of rotatable bonds is 3. The van der Waals surface area contributed by atoms with E-state index in [9.17, 15) is 5.11 Å². The summed E-state index contributed by atoms with van der Waals surface area (Å²) in [4.78, 5) is 0. The van der Waals surface area contributed by atoms with Gasteiger partial charge in [-0.3, -0.25) is 0 Å². The molecular weight excluding hydrogens is 186 g/mol. The van der Waals surface area contributed by atoms with Crippen molar-refractivity contribution in [1.29, 1.82) is 0 Å². The van der Waals surface area contributed by atoms with Crippen molar-refractivity contribution in [3.63, 3.8) is 0 Å². The van der Waals surface area contributed by atoms with E-state index in [1.165, 1.54) is 32.1 Å². The Hall–Kier alpha value is -0.0800. The van der Waals surface area contributed by atoms with Crippen molar-refractivity contribution in [2.75, 3.05) is 0 Å². The van der Waals surface area contributed by atoms with Gasteiger partial charge in [-0.1, -0.05) is 46.0 Å². The summed E-state index contributed by atoms with van der Waals surface area (Å²) in [6.07, 6.45) is 9.80. The maximum absolute atomic E-state index is 10.6. The van der Waals surface area contributed by atoms with Gasteiger partial charge in [0.2, 0.25) is 0 Å². The minimum absolute atomic E-state index is 0.336. The number of nitrogens with two attached hydrogens (primary N) is 1. The molecule has 3 N–H and O–H groups in total. The minimum Gasteiger partial charge on any atom is -0.388 e. The second-order valence-corrected chi connectivity index (χ2v) is 5.16. The molecule has 2 heteroatoms. The molecule has 0 heterocycles. The average Bonchev–Trinajstić information content (AvgIpc) is 2.22. The zero-order chi connectivity index (χ0) is 11.4. The van der Waals surface area contributed by atoms with Crippen molar-refractivity contribution in [3.8, 4) is 0 Å². The Labute approximate surface area is 94.2 Å². The van der Waals surface area contributed by atoms with Gasteiger partial charge in [0.05, 0.1) is 5.60 Å². The smallest absolute Gasteiger partial charge is 0.0821 e. The van der Waals surface area contributed by atoms with E-state index in [1.54, 1.807) is 0 Å². The Kier molecular flexibility index (Phi) is 4.60. The number of aliphatic hydroxyl groups is 1. The van der Waals surface area contributed by atoms with Crippen LogP contribution < -0.4 is 5.73 Å². The van der Waals surface area contributed by atoms with Gasteiger partial charge in [0.1, 0.15) is 0 Å². The summed E-state index contributed by atoms with van der Waals surface area (Å²) in [5, 5.41) is 10.6. The topological polar surface area (TPSA) is 46.2 Å². The molecule has 0 spiro atoms. The van der Waals surface area contributed by atoms with Crippen molar-refractivity contribution in [2.24, 2.45) is 5.73 Å². The van der Waals surface area contributed by atoms with Gasteiger partial charge in [-0.15, -0.1) is 0 Å². The van der Waals surface area contributed by atoms with Crippen LogP contribution in [0.1, 0.15) is 71.6 Å². The summed E-state index contributed by atoms with van der Waals surface area (Å²) in [6, 6.07) is 0. The lowest BCUT2D eigenvalue weighted by Crippen LogP contribution is -2.60. The van der Waals surface area contributed by atoms with Crippen molar-refractivity contribution in [1.82, 2.24) is 0 Å². The molecule has 0 aromatic rings. The molecule has 0 unspecified atom stereocenters. The predicted molar refractivity (Wildman–Crippen MR) is 64.8 cm³/mol. The van der Waals surface area contributed by atoms with E-state index < -0.39 is 5.60 Å². The fourth-order valence-corrected chi connectivity index (χ4v) is 2.96. The van der Waals surface area contributed by atoms with Gasteiger partial charge in [-0.05, 0) is 25.7 Å². The molecule has 0 aliphatic heterocycles.